The molecule has 32 heavy (non-hydrogen) atoms. The number of alkyl halides is 3. The van der Waals surface area contributed by atoms with Gasteiger partial charge in [0.25, 0.3) is 0 Å². The lowest BCUT2D eigenvalue weighted by Crippen LogP contribution is -2.39. The number of nitrogens with one attached hydrogen (secondary N) is 2. The van der Waals surface area contributed by atoms with Crippen molar-refractivity contribution >= 4 is 17.5 Å². The summed E-state index contributed by atoms with van der Waals surface area (Å²) in [4.78, 5) is 26.0. The highest BCUT2D eigenvalue weighted by Gasteiger charge is 2.35. The summed E-state index contributed by atoms with van der Waals surface area (Å²) >= 11 is 0. The fourth-order valence-electron chi connectivity index (χ4n) is 3.53. The lowest BCUT2D eigenvalue weighted by atomic mass is 10.2. The van der Waals surface area contributed by atoms with Crippen LogP contribution in [0.2, 0.25) is 0 Å². The zero-order valence-electron chi connectivity index (χ0n) is 17.2. The van der Waals surface area contributed by atoms with Crippen molar-refractivity contribution in [2.45, 2.75) is 25.6 Å². The maximum absolute atomic E-state index is 13.4. The van der Waals surface area contributed by atoms with Gasteiger partial charge in [0.2, 0.25) is 0 Å². The van der Waals surface area contributed by atoms with Crippen LogP contribution in [0.3, 0.4) is 0 Å². The number of urea groups is 1. The van der Waals surface area contributed by atoms with Crippen LogP contribution in [0.5, 0.6) is 0 Å². The second-order valence-electron chi connectivity index (χ2n) is 7.57. The van der Waals surface area contributed by atoms with Crippen molar-refractivity contribution in [2.24, 2.45) is 0 Å². The van der Waals surface area contributed by atoms with Gasteiger partial charge in [0.1, 0.15) is 5.82 Å². The minimum Gasteiger partial charge on any atom is -0.354 e. The lowest BCUT2D eigenvalue weighted by molar-refractivity contribution is -0.141. The molecule has 0 saturated carbocycles. The molecular weight excluding hydrogens is 421 g/mol. The Morgan fingerprint density at radius 2 is 1.91 bits per heavy atom. The summed E-state index contributed by atoms with van der Waals surface area (Å²) in [5.41, 5.74) is 1.12. The molecule has 1 unspecified atom stereocenters. The van der Waals surface area contributed by atoms with E-state index in [0.717, 1.165) is 11.6 Å². The summed E-state index contributed by atoms with van der Waals surface area (Å²) in [5, 5.41) is 5.65. The zero-order valence-corrected chi connectivity index (χ0v) is 17.2. The molecule has 3 aromatic rings. The average molecular weight is 442 g/mol. The van der Waals surface area contributed by atoms with Crippen LogP contribution in [-0.4, -0.2) is 40.1 Å². The van der Waals surface area contributed by atoms with Gasteiger partial charge in [-0.25, -0.2) is 14.8 Å². The van der Waals surface area contributed by atoms with Crippen molar-refractivity contribution in [1.82, 2.24) is 20.3 Å². The normalized spacial score (nSPS) is 16.1. The van der Waals surface area contributed by atoms with Crippen molar-refractivity contribution in [3.05, 3.63) is 66.1 Å². The lowest BCUT2D eigenvalue weighted by Gasteiger charge is -2.20. The van der Waals surface area contributed by atoms with Gasteiger partial charge in [-0.1, -0.05) is 12.1 Å². The van der Waals surface area contributed by atoms with Crippen LogP contribution in [0.4, 0.5) is 29.5 Å². The summed E-state index contributed by atoms with van der Waals surface area (Å²) in [7, 11) is 0. The smallest absolute Gasteiger partial charge is 0.354 e. The number of carbonyl (C=O) groups excluding carboxylic acids is 1. The van der Waals surface area contributed by atoms with E-state index in [1.54, 1.807) is 23.1 Å². The number of aromatic nitrogens is 3. The summed E-state index contributed by atoms with van der Waals surface area (Å²) in [6.07, 6.45) is -1.08. The second kappa shape index (κ2) is 8.81. The molecule has 1 fully saturated rings. The van der Waals surface area contributed by atoms with Crippen LogP contribution >= 0.6 is 0 Å². The van der Waals surface area contributed by atoms with E-state index in [4.69, 9.17) is 0 Å². The molecule has 3 heterocycles. The van der Waals surface area contributed by atoms with Crippen molar-refractivity contribution in [1.29, 1.82) is 0 Å². The Kier molecular flexibility index (Phi) is 5.93. The molecule has 1 aromatic carbocycles. The number of aryl methyl sites for hydroxylation is 1. The van der Waals surface area contributed by atoms with Crippen molar-refractivity contribution in [3.63, 3.8) is 0 Å². The Bertz CT molecular complexity index is 1110. The number of hydrogen-bond donors (Lipinski definition) is 2. The molecule has 7 nitrogen and oxygen atoms in total. The van der Waals surface area contributed by atoms with E-state index in [1.165, 1.54) is 12.4 Å². The number of rotatable bonds is 4. The molecule has 166 valence electrons. The number of benzene rings is 1. The maximum atomic E-state index is 13.4. The molecule has 1 aliphatic rings. The van der Waals surface area contributed by atoms with E-state index >= 15 is 0 Å². The third-order valence-electron chi connectivity index (χ3n) is 5.06. The van der Waals surface area contributed by atoms with Gasteiger partial charge in [-0.2, -0.15) is 13.2 Å². The fourth-order valence-corrected chi connectivity index (χ4v) is 3.53. The number of anilines is 2. The first kappa shape index (κ1) is 21.5. The van der Waals surface area contributed by atoms with Gasteiger partial charge < -0.3 is 15.5 Å². The summed E-state index contributed by atoms with van der Waals surface area (Å²) in [6.45, 7) is 2.72. The molecule has 2 amide bonds. The molecule has 10 heteroatoms. The van der Waals surface area contributed by atoms with Gasteiger partial charge in [0, 0.05) is 48.8 Å². The van der Waals surface area contributed by atoms with E-state index in [9.17, 15) is 18.0 Å². The third kappa shape index (κ3) is 5.13. The molecule has 2 aromatic heterocycles. The molecule has 4 rings (SSSR count). The second-order valence-corrected chi connectivity index (χ2v) is 7.57. The monoisotopic (exact) mass is 442 g/mol. The number of nitrogens with zero attached hydrogens (tertiary/aromatic N) is 4. The van der Waals surface area contributed by atoms with Crippen LogP contribution < -0.4 is 15.5 Å². The third-order valence-corrected chi connectivity index (χ3v) is 5.06. The highest BCUT2D eigenvalue weighted by atomic mass is 19.4. The predicted molar refractivity (Wildman–Crippen MR) is 114 cm³/mol. The first-order valence-corrected chi connectivity index (χ1v) is 10.0. The van der Waals surface area contributed by atoms with Crippen molar-refractivity contribution in [2.75, 3.05) is 23.3 Å². The van der Waals surface area contributed by atoms with Crippen molar-refractivity contribution < 1.29 is 18.0 Å². The Morgan fingerprint density at radius 3 is 2.62 bits per heavy atom. The van der Waals surface area contributed by atoms with Gasteiger partial charge in [-0.3, -0.25) is 4.98 Å². The van der Waals surface area contributed by atoms with Crippen LogP contribution in [0.15, 0.2) is 54.9 Å². The maximum Gasteiger partial charge on any atom is 0.433 e. The molecule has 0 radical (unpaired) electrons. The minimum atomic E-state index is -4.61. The van der Waals surface area contributed by atoms with Crippen LogP contribution in [0, 0.1) is 6.92 Å². The number of hydrogen-bond acceptors (Lipinski definition) is 5. The standard InChI is InChI=1S/C22H21F3N6O/c1-14-3-2-4-16(11-14)27-21(32)28-17-7-10-31(13-17)19-12-18(22(23,24)25)29-20(30-19)15-5-8-26-9-6-15/h2-6,8-9,11-12,17H,7,10,13H2,1H3,(H2,27,28,32). The van der Waals surface area contributed by atoms with Crippen molar-refractivity contribution in [3.8, 4) is 11.4 Å². The zero-order chi connectivity index (χ0) is 22.7. The summed E-state index contributed by atoms with van der Waals surface area (Å²) in [6, 6.07) is 10.9. The number of halogens is 3. The SMILES string of the molecule is Cc1cccc(NC(=O)NC2CCN(c3cc(C(F)(F)F)nc(-c4ccncc4)n3)C2)c1. The highest BCUT2D eigenvalue weighted by molar-refractivity contribution is 5.89. The molecule has 2 N–H and O–H groups in total. The quantitative estimate of drug-likeness (QED) is 0.631. The van der Waals surface area contributed by atoms with Crippen LogP contribution in [0.1, 0.15) is 17.7 Å². The molecule has 0 spiro atoms. The molecule has 1 atom stereocenters. The Morgan fingerprint density at radius 1 is 1.12 bits per heavy atom. The fraction of sp³-hybridized carbons (Fsp3) is 0.273. The molecule has 1 saturated heterocycles. The van der Waals surface area contributed by atoms with Crippen LogP contribution in [0.25, 0.3) is 11.4 Å². The predicted octanol–water partition coefficient (Wildman–Crippen LogP) is 4.27. The number of pyridine rings is 1. The minimum absolute atomic E-state index is 0.0224. The van der Waals surface area contributed by atoms with Crippen LogP contribution in [-0.2, 0) is 6.18 Å². The average Bonchev–Trinajstić information content (AvgIpc) is 3.22. The Labute approximate surface area is 182 Å². The molecular formula is C22H21F3N6O. The summed E-state index contributed by atoms with van der Waals surface area (Å²) < 4.78 is 40.3. The number of carbonyl (C=O) groups is 1. The summed E-state index contributed by atoms with van der Waals surface area (Å²) in [5.74, 6) is 0.147. The van der Waals surface area contributed by atoms with E-state index in [-0.39, 0.29) is 23.7 Å². The van der Waals surface area contributed by atoms with E-state index in [0.29, 0.717) is 30.8 Å². The highest BCUT2D eigenvalue weighted by Crippen LogP contribution is 2.32. The molecule has 1 aliphatic heterocycles. The van der Waals surface area contributed by atoms with Gasteiger partial charge >= 0.3 is 12.2 Å². The van der Waals surface area contributed by atoms with Gasteiger partial charge in [-0.15, -0.1) is 0 Å². The Balaban J connectivity index is 1.49. The molecule has 0 bridgehead atoms. The van der Waals surface area contributed by atoms with Gasteiger partial charge in [-0.05, 0) is 43.2 Å². The van der Waals surface area contributed by atoms with Gasteiger partial charge in [0.05, 0.1) is 0 Å². The molecule has 0 aliphatic carbocycles. The van der Waals surface area contributed by atoms with Gasteiger partial charge in [0.15, 0.2) is 11.5 Å². The first-order chi connectivity index (χ1) is 15.3. The van der Waals surface area contributed by atoms with E-state index in [1.807, 2.05) is 25.1 Å². The first-order valence-electron chi connectivity index (χ1n) is 10.0. The van der Waals surface area contributed by atoms with E-state index < -0.39 is 11.9 Å². The van der Waals surface area contributed by atoms with E-state index in [2.05, 4.69) is 25.6 Å². The Hall–Kier alpha value is -3.69. The topological polar surface area (TPSA) is 83.0 Å². The number of amides is 2. The largest absolute Gasteiger partial charge is 0.433 e.